The van der Waals surface area contributed by atoms with Gasteiger partial charge in [0.05, 0.1) is 5.02 Å². The molecule has 0 aliphatic heterocycles. The Balaban J connectivity index is 2.24. The third-order valence-corrected chi connectivity index (χ3v) is 2.35. The molecule has 0 spiro atoms. The molecule has 1 heterocycles. The van der Waals surface area contributed by atoms with Gasteiger partial charge in [0.1, 0.15) is 17.3 Å². The molecule has 0 fully saturated rings. The summed E-state index contributed by atoms with van der Waals surface area (Å²) in [6.07, 6.45) is 1.44. The molecule has 1 N–H and O–H groups in total. The molecular formula is C11H7ClFN3O. The summed E-state index contributed by atoms with van der Waals surface area (Å²) >= 11 is 5.56. The molecule has 0 saturated heterocycles. The standard InChI is InChI=1S/C11H7ClFN3O/c12-9-2-1-7(5-10(9)13)15-11-6-8(16-17)3-4-14-11/h1-6H,(H,14,15). The van der Waals surface area contributed by atoms with Crippen LogP contribution in [0.25, 0.3) is 0 Å². The van der Waals surface area contributed by atoms with E-state index in [1.165, 1.54) is 30.5 Å². The van der Waals surface area contributed by atoms with Crippen LogP contribution in [0.1, 0.15) is 0 Å². The fraction of sp³-hybridized carbons (Fsp3) is 0. The van der Waals surface area contributed by atoms with Crippen LogP contribution in [-0.4, -0.2) is 4.98 Å². The molecule has 17 heavy (non-hydrogen) atoms. The summed E-state index contributed by atoms with van der Waals surface area (Å²) in [6.45, 7) is 0. The van der Waals surface area contributed by atoms with Crippen LogP contribution in [0.5, 0.6) is 0 Å². The van der Waals surface area contributed by atoms with Crippen molar-refractivity contribution >= 4 is 28.8 Å². The van der Waals surface area contributed by atoms with Crippen LogP contribution in [0.4, 0.5) is 21.6 Å². The number of nitroso groups, excluding NO2 is 1. The van der Waals surface area contributed by atoms with Gasteiger partial charge in [-0.05, 0) is 29.4 Å². The lowest BCUT2D eigenvalue weighted by Gasteiger charge is -2.05. The maximum absolute atomic E-state index is 13.2. The van der Waals surface area contributed by atoms with Gasteiger partial charge in [0, 0.05) is 18.0 Å². The van der Waals surface area contributed by atoms with Crippen molar-refractivity contribution in [3.05, 3.63) is 52.3 Å². The Morgan fingerprint density at radius 1 is 1.29 bits per heavy atom. The maximum atomic E-state index is 13.2. The topological polar surface area (TPSA) is 54.4 Å². The molecule has 0 radical (unpaired) electrons. The summed E-state index contributed by atoms with van der Waals surface area (Å²) in [6, 6.07) is 7.21. The highest BCUT2D eigenvalue weighted by molar-refractivity contribution is 6.30. The fourth-order valence-corrected chi connectivity index (χ4v) is 1.38. The Kier molecular flexibility index (Phi) is 3.30. The second-order valence-corrected chi connectivity index (χ2v) is 3.65. The van der Waals surface area contributed by atoms with Crippen molar-refractivity contribution in [3.8, 4) is 0 Å². The minimum atomic E-state index is -0.527. The van der Waals surface area contributed by atoms with Gasteiger partial charge in [0.15, 0.2) is 0 Å². The van der Waals surface area contributed by atoms with Crippen molar-refractivity contribution in [3.63, 3.8) is 0 Å². The Labute approximate surface area is 101 Å². The normalized spacial score (nSPS) is 10.0. The first-order chi connectivity index (χ1) is 8.19. The number of nitrogens with zero attached hydrogens (tertiary/aromatic N) is 2. The summed E-state index contributed by atoms with van der Waals surface area (Å²) in [5, 5.41) is 5.67. The number of anilines is 2. The number of pyridine rings is 1. The number of hydrogen-bond donors (Lipinski definition) is 1. The van der Waals surface area contributed by atoms with E-state index in [1.807, 2.05) is 0 Å². The lowest BCUT2D eigenvalue weighted by Crippen LogP contribution is -1.93. The van der Waals surface area contributed by atoms with E-state index < -0.39 is 5.82 Å². The van der Waals surface area contributed by atoms with Crippen molar-refractivity contribution in [1.29, 1.82) is 0 Å². The van der Waals surface area contributed by atoms with E-state index in [9.17, 15) is 9.30 Å². The molecule has 4 nitrogen and oxygen atoms in total. The Hall–Kier alpha value is -2.01. The predicted octanol–water partition coefficient (Wildman–Crippen LogP) is 4.02. The van der Waals surface area contributed by atoms with E-state index in [0.29, 0.717) is 11.5 Å². The molecule has 86 valence electrons. The van der Waals surface area contributed by atoms with E-state index in [-0.39, 0.29) is 10.7 Å². The number of rotatable bonds is 3. The van der Waals surface area contributed by atoms with Gasteiger partial charge >= 0.3 is 0 Å². The lowest BCUT2D eigenvalue weighted by molar-refractivity contribution is 0.629. The quantitative estimate of drug-likeness (QED) is 0.839. The largest absolute Gasteiger partial charge is 0.340 e. The van der Waals surface area contributed by atoms with E-state index in [4.69, 9.17) is 11.6 Å². The highest BCUT2D eigenvalue weighted by atomic mass is 35.5. The molecule has 2 rings (SSSR count). The second kappa shape index (κ2) is 4.88. The summed E-state index contributed by atoms with van der Waals surface area (Å²) in [5.41, 5.74) is 0.736. The van der Waals surface area contributed by atoms with E-state index in [0.717, 1.165) is 0 Å². The van der Waals surface area contributed by atoms with Gasteiger partial charge in [0.25, 0.3) is 0 Å². The molecular weight excluding hydrogens is 245 g/mol. The Bertz CT molecular complexity index is 562. The Morgan fingerprint density at radius 3 is 2.82 bits per heavy atom. The molecule has 0 saturated carbocycles. The van der Waals surface area contributed by atoms with Crippen molar-refractivity contribution in [1.82, 2.24) is 4.98 Å². The molecule has 1 aromatic carbocycles. The molecule has 0 aliphatic rings. The summed E-state index contributed by atoms with van der Waals surface area (Å²) in [5.74, 6) is -0.120. The van der Waals surface area contributed by atoms with Gasteiger partial charge in [-0.3, -0.25) is 0 Å². The third-order valence-electron chi connectivity index (χ3n) is 2.04. The fourth-order valence-electron chi connectivity index (χ4n) is 1.27. The molecule has 0 bridgehead atoms. The monoisotopic (exact) mass is 251 g/mol. The van der Waals surface area contributed by atoms with E-state index >= 15 is 0 Å². The molecule has 0 aliphatic carbocycles. The van der Waals surface area contributed by atoms with Crippen LogP contribution in [0.2, 0.25) is 5.02 Å². The zero-order chi connectivity index (χ0) is 12.3. The number of aromatic nitrogens is 1. The van der Waals surface area contributed by atoms with Gasteiger partial charge < -0.3 is 5.32 Å². The van der Waals surface area contributed by atoms with Gasteiger partial charge in [-0.1, -0.05) is 11.6 Å². The van der Waals surface area contributed by atoms with Gasteiger partial charge in [-0.2, -0.15) is 0 Å². The van der Waals surface area contributed by atoms with E-state index in [1.54, 1.807) is 6.07 Å². The van der Waals surface area contributed by atoms with Gasteiger partial charge in [0.2, 0.25) is 0 Å². The minimum absolute atomic E-state index is 0.0480. The number of halogens is 2. The van der Waals surface area contributed by atoms with Crippen LogP contribution in [-0.2, 0) is 0 Å². The zero-order valence-corrected chi connectivity index (χ0v) is 9.28. The van der Waals surface area contributed by atoms with Crippen molar-refractivity contribution < 1.29 is 4.39 Å². The molecule has 0 unspecified atom stereocenters. The molecule has 0 atom stereocenters. The first-order valence-electron chi connectivity index (χ1n) is 4.70. The summed E-state index contributed by atoms with van der Waals surface area (Å²) < 4.78 is 13.2. The number of hydrogen-bond acceptors (Lipinski definition) is 4. The van der Waals surface area contributed by atoms with Crippen molar-refractivity contribution in [2.24, 2.45) is 5.18 Å². The van der Waals surface area contributed by atoms with Crippen LogP contribution >= 0.6 is 11.6 Å². The SMILES string of the molecule is O=Nc1ccnc(Nc2ccc(Cl)c(F)c2)c1. The lowest BCUT2D eigenvalue weighted by atomic mass is 10.3. The third kappa shape index (κ3) is 2.76. The second-order valence-electron chi connectivity index (χ2n) is 3.24. The average Bonchev–Trinajstić information content (AvgIpc) is 2.34. The van der Waals surface area contributed by atoms with Crippen molar-refractivity contribution in [2.45, 2.75) is 0 Å². The summed E-state index contributed by atoms with van der Waals surface area (Å²) in [7, 11) is 0. The van der Waals surface area contributed by atoms with E-state index in [2.05, 4.69) is 15.5 Å². The molecule has 0 amide bonds. The van der Waals surface area contributed by atoms with Crippen LogP contribution in [0.3, 0.4) is 0 Å². The Morgan fingerprint density at radius 2 is 2.12 bits per heavy atom. The van der Waals surface area contributed by atoms with Gasteiger partial charge in [-0.25, -0.2) is 9.37 Å². The first kappa shape index (κ1) is 11.5. The zero-order valence-electron chi connectivity index (χ0n) is 8.52. The molecule has 2 aromatic rings. The number of nitrogens with one attached hydrogen (secondary N) is 1. The van der Waals surface area contributed by atoms with Crippen LogP contribution < -0.4 is 5.32 Å². The molecule has 1 aromatic heterocycles. The number of benzene rings is 1. The smallest absolute Gasteiger partial charge is 0.143 e. The highest BCUT2D eigenvalue weighted by Gasteiger charge is 2.02. The maximum Gasteiger partial charge on any atom is 0.143 e. The summed E-state index contributed by atoms with van der Waals surface area (Å²) in [4.78, 5) is 14.3. The minimum Gasteiger partial charge on any atom is -0.340 e. The predicted molar refractivity (Wildman–Crippen MR) is 64.4 cm³/mol. The highest BCUT2D eigenvalue weighted by Crippen LogP contribution is 2.22. The molecule has 6 heteroatoms. The average molecular weight is 252 g/mol. The van der Waals surface area contributed by atoms with Crippen molar-refractivity contribution in [2.75, 3.05) is 5.32 Å². The van der Waals surface area contributed by atoms with Gasteiger partial charge in [-0.15, -0.1) is 4.91 Å². The van der Waals surface area contributed by atoms with Crippen LogP contribution in [0, 0.1) is 10.7 Å². The van der Waals surface area contributed by atoms with Crippen LogP contribution in [0.15, 0.2) is 41.7 Å². The first-order valence-corrected chi connectivity index (χ1v) is 5.08.